The lowest BCUT2D eigenvalue weighted by molar-refractivity contribution is -0.132. The smallest absolute Gasteiger partial charge is 0.238 e. The number of Topliss-reactive ketones (excluding diaryl/α,β-unsaturated/α-hetero) is 1. The fourth-order valence-corrected chi connectivity index (χ4v) is 7.93. The first kappa shape index (κ1) is 29.1. The van der Waals surface area contributed by atoms with E-state index in [1.54, 1.807) is 6.33 Å². The molecule has 2 saturated carbocycles. The van der Waals surface area contributed by atoms with Crippen LogP contribution in [-0.2, 0) is 35.5 Å². The lowest BCUT2D eigenvalue weighted by Crippen LogP contribution is -2.54. The van der Waals surface area contributed by atoms with Crippen molar-refractivity contribution in [1.29, 1.82) is 0 Å². The summed E-state index contributed by atoms with van der Waals surface area (Å²) in [5.74, 6) is 0.661. The van der Waals surface area contributed by atoms with Gasteiger partial charge in [-0.25, -0.2) is 4.98 Å². The predicted octanol–water partition coefficient (Wildman–Crippen LogP) is 5.70. The lowest BCUT2D eigenvalue weighted by atomic mass is 9.59. The van der Waals surface area contributed by atoms with Gasteiger partial charge in [0.25, 0.3) is 0 Å². The quantitative estimate of drug-likeness (QED) is 0.335. The van der Waals surface area contributed by atoms with Crippen molar-refractivity contribution in [2.75, 3.05) is 0 Å². The van der Waals surface area contributed by atoms with Gasteiger partial charge in [-0.05, 0) is 91.5 Å². The molecule has 0 radical (unpaired) electrons. The number of hydrogen-bond donors (Lipinski definition) is 2. The summed E-state index contributed by atoms with van der Waals surface area (Å²) in [7, 11) is 0. The van der Waals surface area contributed by atoms with Gasteiger partial charge in [0.05, 0.1) is 12.1 Å². The van der Waals surface area contributed by atoms with E-state index in [1.807, 2.05) is 47.4 Å². The number of halogens is 1. The highest BCUT2D eigenvalue weighted by Gasteiger charge is 2.45. The van der Waals surface area contributed by atoms with E-state index in [1.165, 1.54) is 43.2 Å². The molecule has 2 aromatic carbocycles. The van der Waals surface area contributed by atoms with Crippen molar-refractivity contribution >= 4 is 23.3 Å². The van der Waals surface area contributed by atoms with Gasteiger partial charge in [0.2, 0.25) is 5.91 Å². The first-order chi connectivity index (χ1) is 20.5. The standard InChI is InChI=1S/C34H42ClN5O2/c35-29-12-10-24(11-13-29)18-30(39-33(42)31-19-26-6-4-5-7-27(26)20-37-31)32(41)25-14-16-34(17-15-25,21-40-23-36-22-38-40)28-8-2-1-3-9-28/h4-7,10-13,22-23,25,28,30-31,37H,1-3,8-9,14-21H2,(H,39,42). The molecular formula is C34H42ClN5O2. The van der Waals surface area contributed by atoms with Crippen molar-refractivity contribution in [3.05, 3.63) is 82.9 Å². The minimum Gasteiger partial charge on any atom is -0.345 e. The van der Waals surface area contributed by atoms with Gasteiger partial charge in [-0.3, -0.25) is 14.3 Å². The molecule has 2 heterocycles. The number of carbonyl (C=O) groups excluding carboxylic acids is 2. The van der Waals surface area contributed by atoms with Crippen LogP contribution in [0.5, 0.6) is 0 Å². The molecule has 2 atom stereocenters. The molecule has 0 saturated heterocycles. The summed E-state index contributed by atoms with van der Waals surface area (Å²) in [6, 6.07) is 14.9. The van der Waals surface area contributed by atoms with Crippen LogP contribution in [0.2, 0.25) is 5.02 Å². The Kier molecular flexibility index (Phi) is 9.06. The fraction of sp³-hybridized carbons (Fsp3) is 0.529. The summed E-state index contributed by atoms with van der Waals surface area (Å²) < 4.78 is 2.00. The van der Waals surface area contributed by atoms with Crippen molar-refractivity contribution in [1.82, 2.24) is 25.4 Å². The number of carbonyl (C=O) groups is 2. The Balaban J connectivity index is 1.17. The van der Waals surface area contributed by atoms with Crippen molar-refractivity contribution in [3.63, 3.8) is 0 Å². The molecule has 3 aliphatic rings. The van der Waals surface area contributed by atoms with Gasteiger partial charge in [0.15, 0.2) is 5.78 Å². The number of fused-ring (bicyclic) bond motifs is 1. The zero-order valence-electron chi connectivity index (χ0n) is 24.3. The first-order valence-corrected chi connectivity index (χ1v) is 16.1. The van der Waals surface area contributed by atoms with E-state index < -0.39 is 6.04 Å². The molecule has 1 aromatic heterocycles. The summed E-state index contributed by atoms with van der Waals surface area (Å²) in [5.41, 5.74) is 3.57. The molecular weight excluding hydrogens is 546 g/mol. The number of amides is 1. The van der Waals surface area contributed by atoms with Gasteiger partial charge < -0.3 is 10.6 Å². The molecule has 2 aliphatic carbocycles. The molecule has 3 aromatic rings. The molecule has 2 N–H and O–H groups in total. The summed E-state index contributed by atoms with van der Waals surface area (Å²) in [6.45, 7) is 1.53. The highest BCUT2D eigenvalue weighted by Crippen LogP contribution is 2.50. The van der Waals surface area contributed by atoms with Crippen LogP contribution in [0, 0.1) is 17.3 Å². The van der Waals surface area contributed by atoms with E-state index in [4.69, 9.17) is 11.6 Å². The molecule has 222 valence electrons. The van der Waals surface area contributed by atoms with Crippen molar-refractivity contribution in [3.8, 4) is 0 Å². The van der Waals surface area contributed by atoms with Gasteiger partial charge in [0.1, 0.15) is 12.7 Å². The summed E-state index contributed by atoms with van der Waals surface area (Å²) >= 11 is 6.15. The molecule has 8 heteroatoms. The van der Waals surface area contributed by atoms with Crippen LogP contribution < -0.4 is 10.6 Å². The largest absolute Gasteiger partial charge is 0.345 e. The number of rotatable bonds is 9. The third kappa shape index (κ3) is 6.63. The zero-order valence-corrected chi connectivity index (χ0v) is 25.1. The molecule has 1 aliphatic heterocycles. The number of nitrogens with one attached hydrogen (secondary N) is 2. The maximum atomic E-state index is 14.2. The van der Waals surface area contributed by atoms with Gasteiger partial charge >= 0.3 is 0 Å². The SMILES string of the molecule is O=C(NC(Cc1ccc(Cl)cc1)C(=O)C1CCC(Cn2cncn2)(C2CCCCC2)CC1)C1Cc2ccccc2CN1. The molecule has 6 rings (SSSR count). The fourth-order valence-electron chi connectivity index (χ4n) is 7.80. The molecule has 42 heavy (non-hydrogen) atoms. The van der Waals surface area contributed by atoms with E-state index in [-0.39, 0.29) is 29.1 Å². The number of benzene rings is 2. The van der Waals surface area contributed by atoms with Crippen LogP contribution in [0.4, 0.5) is 0 Å². The number of aromatic nitrogens is 3. The van der Waals surface area contributed by atoms with E-state index in [2.05, 4.69) is 32.8 Å². The van der Waals surface area contributed by atoms with Crippen LogP contribution in [0.25, 0.3) is 0 Å². The van der Waals surface area contributed by atoms with Crippen LogP contribution in [-0.4, -0.2) is 38.5 Å². The Morgan fingerprint density at radius 3 is 2.45 bits per heavy atom. The summed E-state index contributed by atoms with van der Waals surface area (Å²) in [5, 5.41) is 11.7. The minimum atomic E-state index is -0.569. The third-order valence-electron chi connectivity index (χ3n) is 10.2. The van der Waals surface area contributed by atoms with Crippen LogP contribution in [0.15, 0.2) is 61.2 Å². The van der Waals surface area contributed by atoms with E-state index in [9.17, 15) is 9.59 Å². The Morgan fingerprint density at radius 1 is 1.00 bits per heavy atom. The lowest BCUT2D eigenvalue weighted by Gasteiger charge is -2.47. The molecule has 2 unspecified atom stereocenters. The van der Waals surface area contributed by atoms with Crippen molar-refractivity contribution < 1.29 is 9.59 Å². The predicted molar refractivity (Wildman–Crippen MR) is 164 cm³/mol. The second-order valence-electron chi connectivity index (χ2n) is 12.8. The van der Waals surface area contributed by atoms with E-state index in [0.29, 0.717) is 30.3 Å². The van der Waals surface area contributed by atoms with E-state index in [0.717, 1.165) is 37.8 Å². The monoisotopic (exact) mass is 587 g/mol. The average molecular weight is 588 g/mol. The highest BCUT2D eigenvalue weighted by molar-refractivity contribution is 6.30. The zero-order chi connectivity index (χ0) is 28.9. The van der Waals surface area contributed by atoms with Gasteiger partial charge in [-0.1, -0.05) is 67.3 Å². The van der Waals surface area contributed by atoms with E-state index >= 15 is 0 Å². The first-order valence-electron chi connectivity index (χ1n) is 15.7. The van der Waals surface area contributed by atoms with Crippen LogP contribution in [0.3, 0.4) is 0 Å². The highest BCUT2D eigenvalue weighted by atomic mass is 35.5. The Hall–Kier alpha value is -3.03. The topological polar surface area (TPSA) is 88.9 Å². The Bertz CT molecular complexity index is 1340. The summed E-state index contributed by atoms with van der Waals surface area (Å²) in [6.07, 6.45) is 14.7. The summed E-state index contributed by atoms with van der Waals surface area (Å²) in [4.78, 5) is 32.0. The number of hydrogen-bond acceptors (Lipinski definition) is 5. The normalized spacial score (nSPS) is 25.4. The molecule has 0 bridgehead atoms. The van der Waals surface area contributed by atoms with Gasteiger partial charge in [-0.2, -0.15) is 5.10 Å². The van der Waals surface area contributed by atoms with Crippen molar-refractivity contribution in [2.45, 2.75) is 95.8 Å². The third-order valence-corrected chi connectivity index (χ3v) is 10.5. The molecule has 0 spiro atoms. The van der Waals surface area contributed by atoms with Gasteiger partial charge in [0, 0.05) is 24.0 Å². The maximum absolute atomic E-state index is 14.2. The average Bonchev–Trinajstić information content (AvgIpc) is 3.55. The Labute approximate surface area is 253 Å². The molecule has 1 amide bonds. The second kappa shape index (κ2) is 13.1. The number of ketones is 1. The number of nitrogens with zero attached hydrogens (tertiary/aromatic N) is 3. The van der Waals surface area contributed by atoms with Crippen LogP contribution >= 0.6 is 11.6 Å². The maximum Gasteiger partial charge on any atom is 0.238 e. The minimum absolute atomic E-state index is 0.0601. The van der Waals surface area contributed by atoms with Gasteiger partial charge in [-0.15, -0.1) is 0 Å². The second-order valence-corrected chi connectivity index (χ2v) is 13.2. The van der Waals surface area contributed by atoms with Crippen LogP contribution in [0.1, 0.15) is 74.5 Å². The van der Waals surface area contributed by atoms with Crippen molar-refractivity contribution in [2.24, 2.45) is 17.3 Å². The Morgan fingerprint density at radius 2 is 1.74 bits per heavy atom. The molecule has 7 nitrogen and oxygen atoms in total. The molecule has 2 fully saturated rings.